The number of rotatable bonds is 7. The number of fused-ring (bicyclic) bond motifs is 1. The van der Waals surface area contributed by atoms with Gasteiger partial charge in [0.1, 0.15) is 4.70 Å². The van der Waals surface area contributed by atoms with Gasteiger partial charge in [0.2, 0.25) is 5.91 Å². The molecule has 0 fully saturated rings. The van der Waals surface area contributed by atoms with Gasteiger partial charge in [-0.3, -0.25) is 14.2 Å². The smallest absolute Gasteiger partial charge is 0.339 e. The van der Waals surface area contributed by atoms with Crippen LogP contribution in [0.3, 0.4) is 0 Å². The van der Waals surface area contributed by atoms with E-state index in [0.29, 0.717) is 27.6 Å². The lowest BCUT2D eigenvalue weighted by Crippen LogP contribution is -2.24. The second-order valence-corrected chi connectivity index (χ2v) is 8.64. The van der Waals surface area contributed by atoms with Crippen molar-refractivity contribution in [3.8, 4) is 0 Å². The summed E-state index contributed by atoms with van der Waals surface area (Å²) in [5, 5.41) is 5.03. The van der Waals surface area contributed by atoms with Gasteiger partial charge >= 0.3 is 5.97 Å². The summed E-state index contributed by atoms with van der Waals surface area (Å²) in [4.78, 5) is 42.2. The number of benzene rings is 2. The first-order valence-corrected chi connectivity index (χ1v) is 11.6. The fourth-order valence-electron chi connectivity index (χ4n) is 3.14. The van der Waals surface area contributed by atoms with Crippen LogP contribution < -0.4 is 10.9 Å². The molecule has 2 aromatic carbocycles. The summed E-state index contributed by atoms with van der Waals surface area (Å²) in [6, 6.07) is 18.1. The largest absolute Gasteiger partial charge is 0.465 e. The second kappa shape index (κ2) is 9.80. The predicted molar refractivity (Wildman–Crippen MR) is 127 cm³/mol. The molecule has 32 heavy (non-hydrogen) atoms. The van der Waals surface area contributed by atoms with Gasteiger partial charge in [0.05, 0.1) is 36.2 Å². The van der Waals surface area contributed by atoms with Crippen LogP contribution in [0.25, 0.3) is 10.2 Å². The third-order valence-electron chi connectivity index (χ3n) is 4.65. The van der Waals surface area contributed by atoms with Crippen LogP contribution in [-0.2, 0) is 16.1 Å². The van der Waals surface area contributed by atoms with E-state index in [1.807, 2.05) is 35.7 Å². The summed E-state index contributed by atoms with van der Waals surface area (Å²) in [7, 11) is 1.29. The molecule has 7 nitrogen and oxygen atoms in total. The number of thiophene rings is 1. The third kappa shape index (κ3) is 4.74. The Balaban J connectivity index is 1.57. The van der Waals surface area contributed by atoms with Crippen molar-refractivity contribution in [3.05, 3.63) is 87.5 Å². The number of aromatic nitrogens is 2. The SMILES string of the molecule is COC(=O)c1ccccc1NC(=O)CSc1nc2ccsc2c(=O)n1Cc1ccccc1. The van der Waals surface area contributed by atoms with Gasteiger partial charge in [-0.2, -0.15) is 0 Å². The number of methoxy groups -OCH3 is 1. The average molecular weight is 466 g/mol. The molecule has 1 amide bonds. The molecule has 2 aromatic heterocycles. The lowest BCUT2D eigenvalue weighted by molar-refractivity contribution is -0.113. The maximum absolute atomic E-state index is 13.1. The normalized spacial score (nSPS) is 10.8. The van der Waals surface area contributed by atoms with Crippen LogP contribution in [0.1, 0.15) is 15.9 Å². The quantitative estimate of drug-likeness (QED) is 0.252. The molecule has 2 heterocycles. The lowest BCUT2D eigenvalue weighted by Gasteiger charge is -2.13. The van der Waals surface area contributed by atoms with Crippen molar-refractivity contribution in [2.24, 2.45) is 0 Å². The number of nitrogens with zero attached hydrogens (tertiary/aromatic N) is 2. The molecule has 0 saturated carbocycles. The van der Waals surface area contributed by atoms with Crippen molar-refractivity contribution in [2.75, 3.05) is 18.2 Å². The number of hydrogen-bond donors (Lipinski definition) is 1. The number of carbonyl (C=O) groups excluding carboxylic acids is 2. The summed E-state index contributed by atoms with van der Waals surface area (Å²) in [5.41, 5.74) is 2.08. The summed E-state index contributed by atoms with van der Waals surface area (Å²) < 4.78 is 6.94. The first kappa shape index (κ1) is 21.8. The molecule has 162 valence electrons. The average Bonchev–Trinajstić information content (AvgIpc) is 3.29. The number of amides is 1. The van der Waals surface area contributed by atoms with Gasteiger partial charge < -0.3 is 10.1 Å². The molecule has 0 spiro atoms. The van der Waals surface area contributed by atoms with Gasteiger partial charge in [-0.15, -0.1) is 11.3 Å². The van der Waals surface area contributed by atoms with Crippen molar-refractivity contribution >= 4 is 50.9 Å². The highest BCUT2D eigenvalue weighted by Gasteiger charge is 2.17. The molecular weight excluding hydrogens is 446 g/mol. The van der Waals surface area contributed by atoms with Crippen LogP contribution in [0.2, 0.25) is 0 Å². The van der Waals surface area contributed by atoms with E-state index in [0.717, 1.165) is 5.56 Å². The molecule has 0 radical (unpaired) electrons. The van der Waals surface area contributed by atoms with Crippen LogP contribution >= 0.6 is 23.1 Å². The van der Waals surface area contributed by atoms with Crippen molar-refractivity contribution in [3.63, 3.8) is 0 Å². The fraction of sp³-hybridized carbons (Fsp3) is 0.130. The monoisotopic (exact) mass is 465 g/mol. The third-order valence-corrected chi connectivity index (χ3v) is 6.52. The highest BCUT2D eigenvalue weighted by Crippen LogP contribution is 2.23. The molecule has 0 unspecified atom stereocenters. The number of carbonyl (C=O) groups is 2. The highest BCUT2D eigenvalue weighted by molar-refractivity contribution is 7.99. The van der Waals surface area contributed by atoms with E-state index < -0.39 is 5.97 Å². The van der Waals surface area contributed by atoms with Crippen molar-refractivity contribution in [1.82, 2.24) is 9.55 Å². The summed E-state index contributed by atoms with van der Waals surface area (Å²) in [6.07, 6.45) is 0. The van der Waals surface area contributed by atoms with Crippen molar-refractivity contribution in [1.29, 1.82) is 0 Å². The molecule has 0 aliphatic heterocycles. The molecule has 0 aliphatic rings. The molecule has 0 aliphatic carbocycles. The van der Waals surface area contributed by atoms with E-state index in [1.54, 1.807) is 34.9 Å². The molecule has 0 atom stereocenters. The number of esters is 1. The lowest BCUT2D eigenvalue weighted by atomic mass is 10.2. The zero-order valence-electron chi connectivity index (χ0n) is 17.1. The topological polar surface area (TPSA) is 90.3 Å². The maximum atomic E-state index is 13.1. The summed E-state index contributed by atoms with van der Waals surface area (Å²) in [5.74, 6) is -0.834. The van der Waals surface area contributed by atoms with Crippen LogP contribution in [0, 0.1) is 0 Å². The molecule has 4 rings (SSSR count). The Bertz CT molecular complexity index is 1330. The first-order chi connectivity index (χ1) is 15.6. The van der Waals surface area contributed by atoms with Crippen molar-refractivity contribution in [2.45, 2.75) is 11.7 Å². The van der Waals surface area contributed by atoms with Gasteiger partial charge in [0.25, 0.3) is 5.56 Å². The molecular formula is C23H19N3O4S2. The van der Waals surface area contributed by atoms with E-state index >= 15 is 0 Å². The minimum atomic E-state index is -0.533. The van der Waals surface area contributed by atoms with E-state index in [-0.39, 0.29) is 22.8 Å². The molecule has 0 bridgehead atoms. The molecule has 9 heteroatoms. The van der Waals surface area contributed by atoms with Crippen LogP contribution in [0.5, 0.6) is 0 Å². The minimum Gasteiger partial charge on any atom is -0.465 e. The van der Waals surface area contributed by atoms with Crippen LogP contribution in [0.15, 0.2) is 76.0 Å². The Hall–Kier alpha value is -3.43. The standard InChI is InChI=1S/C23H19N3O4S2/c1-30-22(29)16-9-5-6-10-17(16)24-19(27)14-32-23-25-18-11-12-31-20(18)21(28)26(23)13-15-7-3-2-4-8-15/h2-12H,13-14H2,1H3,(H,24,27). The van der Waals surface area contributed by atoms with E-state index in [9.17, 15) is 14.4 Å². The van der Waals surface area contributed by atoms with Gasteiger partial charge in [-0.1, -0.05) is 54.2 Å². The van der Waals surface area contributed by atoms with Crippen molar-refractivity contribution < 1.29 is 14.3 Å². The van der Waals surface area contributed by atoms with Gasteiger partial charge in [0.15, 0.2) is 5.16 Å². The zero-order valence-corrected chi connectivity index (χ0v) is 18.7. The summed E-state index contributed by atoms with van der Waals surface area (Å²) in [6.45, 7) is 0.357. The van der Waals surface area contributed by atoms with Gasteiger partial charge in [-0.05, 0) is 29.1 Å². The van der Waals surface area contributed by atoms with E-state index in [1.165, 1.54) is 30.2 Å². The Morgan fingerprint density at radius 3 is 2.62 bits per heavy atom. The van der Waals surface area contributed by atoms with Crippen LogP contribution in [-0.4, -0.2) is 34.3 Å². The van der Waals surface area contributed by atoms with E-state index in [4.69, 9.17) is 4.74 Å². The highest BCUT2D eigenvalue weighted by atomic mass is 32.2. The fourth-order valence-corrected chi connectivity index (χ4v) is 4.71. The summed E-state index contributed by atoms with van der Waals surface area (Å²) >= 11 is 2.53. The Labute approximate surface area is 192 Å². The number of nitrogens with one attached hydrogen (secondary N) is 1. The minimum absolute atomic E-state index is 0.0202. The maximum Gasteiger partial charge on any atom is 0.339 e. The second-order valence-electron chi connectivity index (χ2n) is 6.78. The molecule has 4 aromatic rings. The number of hydrogen-bond acceptors (Lipinski definition) is 7. The zero-order chi connectivity index (χ0) is 22.5. The Morgan fingerprint density at radius 2 is 1.84 bits per heavy atom. The number of thioether (sulfide) groups is 1. The van der Waals surface area contributed by atoms with Gasteiger partial charge in [-0.25, -0.2) is 9.78 Å². The Kier molecular flexibility index (Phi) is 6.67. The van der Waals surface area contributed by atoms with Crippen LogP contribution in [0.4, 0.5) is 5.69 Å². The number of ether oxygens (including phenoxy) is 1. The van der Waals surface area contributed by atoms with Gasteiger partial charge in [0, 0.05) is 0 Å². The number of para-hydroxylation sites is 1. The predicted octanol–water partition coefficient (Wildman–Crippen LogP) is 4.02. The molecule has 0 saturated heterocycles. The number of anilines is 1. The first-order valence-electron chi connectivity index (χ1n) is 9.69. The Morgan fingerprint density at radius 1 is 1.09 bits per heavy atom. The molecule has 1 N–H and O–H groups in total. The van der Waals surface area contributed by atoms with E-state index in [2.05, 4.69) is 10.3 Å².